The smallest absolute Gasteiger partial charge is 0.297 e. The van der Waals surface area contributed by atoms with Gasteiger partial charge < -0.3 is 9.84 Å². The Balaban J connectivity index is 4.24. The minimum Gasteiger partial charge on any atom is -0.378 e. The average Bonchev–Trinajstić information content (AvgIpc) is 1.81. The normalized spacial score (nSPS) is 17.8. The zero-order valence-corrected chi connectivity index (χ0v) is 7.26. The topological polar surface area (TPSA) is 83.8 Å². The molecule has 1 atom stereocenters. The Morgan fingerprint density at radius 1 is 1.55 bits per heavy atom. The van der Waals surface area contributed by atoms with Crippen LogP contribution < -0.4 is 0 Å². The Morgan fingerprint density at radius 3 is 2.27 bits per heavy atom. The van der Waals surface area contributed by atoms with E-state index in [1.807, 2.05) is 0 Å². The zero-order chi connectivity index (χ0) is 9.12. The number of ether oxygens (including phenoxy) is 1. The monoisotopic (exact) mass is 184 g/mol. The van der Waals surface area contributed by atoms with Crippen molar-refractivity contribution in [3.05, 3.63) is 0 Å². The van der Waals surface area contributed by atoms with E-state index in [9.17, 15) is 8.42 Å². The van der Waals surface area contributed by atoms with Gasteiger partial charge in [-0.2, -0.15) is 8.42 Å². The Hall–Kier alpha value is -0.170. The highest BCUT2D eigenvalue weighted by Crippen LogP contribution is 2.11. The van der Waals surface area contributed by atoms with Crippen LogP contribution in [-0.2, 0) is 14.9 Å². The number of aliphatic hydroxyl groups is 1. The molecule has 0 bridgehead atoms. The van der Waals surface area contributed by atoms with Gasteiger partial charge in [0.1, 0.15) is 0 Å². The quantitative estimate of drug-likeness (QED) is 0.582. The molecule has 0 radical (unpaired) electrons. The van der Waals surface area contributed by atoms with Gasteiger partial charge in [-0.05, 0) is 13.8 Å². The average molecular weight is 184 g/mol. The Kier molecular flexibility index (Phi) is 3.43. The molecule has 0 fully saturated rings. The van der Waals surface area contributed by atoms with E-state index in [4.69, 9.17) is 9.66 Å². The van der Waals surface area contributed by atoms with E-state index in [2.05, 4.69) is 4.74 Å². The van der Waals surface area contributed by atoms with Crippen molar-refractivity contribution >= 4 is 10.1 Å². The van der Waals surface area contributed by atoms with Gasteiger partial charge in [-0.1, -0.05) is 0 Å². The lowest BCUT2D eigenvalue weighted by atomic mass is 10.4. The maximum atomic E-state index is 10.4. The molecule has 0 heterocycles. The second-order valence-corrected chi connectivity index (χ2v) is 4.12. The first-order chi connectivity index (χ1) is 4.81. The lowest BCUT2D eigenvalue weighted by molar-refractivity contribution is 0.0195. The van der Waals surface area contributed by atoms with Crippen LogP contribution in [0.4, 0.5) is 0 Å². The molecule has 6 heteroatoms. The summed E-state index contributed by atoms with van der Waals surface area (Å²) in [5, 5.41) is 9.02. The second-order valence-electron chi connectivity index (χ2n) is 2.29. The van der Waals surface area contributed by atoms with Crippen LogP contribution in [0.3, 0.4) is 0 Å². The molecule has 0 aromatic carbocycles. The fraction of sp³-hybridized carbons (Fsp3) is 1.00. The second kappa shape index (κ2) is 3.48. The molecule has 11 heavy (non-hydrogen) atoms. The lowest BCUT2D eigenvalue weighted by Gasteiger charge is -2.18. The van der Waals surface area contributed by atoms with E-state index in [-0.39, 0.29) is 6.61 Å². The molecule has 0 aliphatic rings. The maximum absolute atomic E-state index is 10.4. The Bertz CT molecular complexity index is 205. The van der Waals surface area contributed by atoms with Gasteiger partial charge in [0.05, 0.1) is 6.61 Å². The summed E-state index contributed by atoms with van der Waals surface area (Å²) in [6.45, 7) is 2.48. The number of rotatable bonds is 4. The van der Waals surface area contributed by atoms with Crippen LogP contribution >= 0.6 is 0 Å². The van der Waals surface area contributed by atoms with Crippen molar-refractivity contribution in [3.63, 3.8) is 0 Å². The molecule has 0 aliphatic heterocycles. The standard InChI is InChI=1S/C5H12O5S/c1-3-10-4-5(2,6)11(7,8)9/h6H,3-4H2,1-2H3,(H,7,8,9). The molecule has 0 rings (SSSR count). The van der Waals surface area contributed by atoms with Crippen LogP contribution in [0.5, 0.6) is 0 Å². The molecular formula is C5H12O5S. The largest absolute Gasteiger partial charge is 0.378 e. The van der Waals surface area contributed by atoms with Crippen LogP contribution in [0.1, 0.15) is 13.8 Å². The molecular weight excluding hydrogens is 172 g/mol. The van der Waals surface area contributed by atoms with Crippen LogP contribution in [0.25, 0.3) is 0 Å². The van der Waals surface area contributed by atoms with Crippen molar-refractivity contribution in [2.75, 3.05) is 13.2 Å². The SMILES string of the molecule is CCOCC(C)(O)S(=O)(=O)O. The number of hydrogen-bond acceptors (Lipinski definition) is 4. The molecule has 0 amide bonds. The van der Waals surface area contributed by atoms with E-state index in [1.54, 1.807) is 6.92 Å². The van der Waals surface area contributed by atoms with Crippen molar-refractivity contribution in [1.82, 2.24) is 0 Å². The third-order valence-corrected chi connectivity index (χ3v) is 2.36. The van der Waals surface area contributed by atoms with Gasteiger partial charge in [-0.15, -0.1) is 0 Å². The van der Waals surface area contributed by atoms with Gasteiger partial charge in [0.2, 0.25) is 4.93 Å². The third kappa shape index (κ3) is 3.15. The minimum absolute atomic E-state index is 0.283. The third-order valence-electron chi connectivity index (χ3n) is 1.13. The van der Waals surface area contributed by atoms with E-state index in [0.29, 0.717) is 0 Å². The molecule has 1 unspecified atom stereocenters. The van der Waals surface area contributed by atoms with Gasteiger partial charge in [0, 0.05) is 6.61 Å². The first-order valence-electron chi connectivity index (χ1n) is 3.08. The summed E-state index contributed by atoms with van der Waals surface area (Å²) >= 11 is 0. The van der Waals surface area contributed by atoms with Crippen molar-refractivity contribution in [2.45, 2.75) is 18.8 Å². The predicted molar refractivity (Wildman–Crippen MR) is 38.7 cm³/mol. The molecule has 0 aliphatic carbocycles. The van der Waals surface area contributed by atoms with Crippen molar-refractivity contribution < 1.29 is 22.8 Å². The van der Waals surface area contributed by atoms with Crippen LogP contribution in [-0.4, -0.2) is 36.2 Å². The predicted octanol–water partition coefficient (Wildman–Crippen LogP) is -0.381. The first-order valence-corrected chi connectivity index (χ1v) is 4.52. The first kappa shape index (κ1) is 10.8. The summed E-state index contributed by atoms with van der Waals surface area (Å²) in [7, 11) is -4.44. The highest BCUT2D eigenvalue weighted by atomic mass is 32.2. The highest BCUT2D eigenvalue weighted by Gasteiger charge is 2.35. The zero-order valence-electron chi connectivity index (χ0n) is 6.44. The fourth-order valence-electron chi connectivity index (χ4n) is 0.366. The Labute approximate surface area is 65.7 Å². The van der Waals surface area contributed by atoms with E-state index < -0.39 is 21.7 Å². The minimum atomic E-state index is -4.44. The van der Waals surface area contributed by atoms with E-state index >= 15 is 0 Å². The molecule has 0 saturated heterocycles. The van der Waals surface area contributed by atoms with Gasteiger partial charge in [-0.3, -0.25) is 4.55 Å². The van der Waals surface area contributed by atoms with Gasteiger partial charge >= 0.3 is 0 Å². The van der Waals surface area contributed by atoms with Crippen LogP contribution in [0.2, 0.25) is 0 Å². The molecule has 0 spiro atoms. The summed E-state index contributed by atoms with van der Waals surface area (Å²) in [6.07, 6.45) is 0. The van der Waals surface area contributed by atoms with Crippen molar-refractivity contribution in [2.24, 2.45) is 0 Å². The summed E-state index contributed by atoms with van der Waals surface area (Å²) in [6, 6.07) is 0. The molecule has 0 aromatic rings. The Morgan fingerprint density at radius 2 is 2.00 bits per heavy atom. The fourth-order valence-corrected chi connectivity index (χ4v) is 0.598. The molecule has 5 nitrogen and oxygen atoms in total. The molecule has 0 saturated carbocycles. The molecule has 68 valence electrons. The summed E-state index contributed by atoms with van der Waals surface area (Å²) in [5.41, 5.74) is 0. The molecule has 0 aromatic heterocycles. The summed E-state index contributed by atoms with van der Waals surface area (Å²) in [5.74, 6) is 0. The summed E-state index contributed by atoms with van der Waals surface area (Å²) < 4.78 is 33.8. The number of hydrogen-bond donors (Lipinski definition) is 2. The van der Waals surface area contributed by atoms with Crippen LogP contribution in [0, 0.1) is 0 Å². The van der Waals surface area contributed by atoms with Gasteiger partial charge in [-0.25, -0.2) is 0 Å². The van der Waals surface area contributed by atoms with Gasteiger partial charge in [0.25, 0.3) is 10.1 Å². The van der Waals surface area contributed by atoms with Crippen molar-refractivity contribution in [3.8, 4) is 0 Å². The van der Waals surface area contributed by atoms with Gasteiger partial charge in [0.15, 0.2) is 0 Å². The van der Waals surface area contributed by atoms with E-state index in [1.165, 1.54) is 0 Å². The molecule has 2 N–H and O–H groups in total. The lowest BCUT2D eigenvalue weighted by Crippen LogP contribution is -2.39. The summed E-state index contributed by atoms with van der Waals surface area (Å²) in [4.78, 5) is -2.21. The van der Waals surface area contributed by atoms with Crippen LogP contribution in [0.15, 0.2) is 0 Å². The maximum Gasteiger partial charge on any atom is 0.297 e. The highest BCUT2D eigenvalue weighted by molar-refractivity contribution is 7.87. The van der Waals surface area contributed by atoms with Crippen molar-refractivity contribution in [1.29, 1.82) is 0 Å². The van der Waals surface area contributed by atoms with E-state index in [0.717, 1.165) is 6.92 Å².